The second-order valence-electron chi connectivity index (χ2n) is 5.22. The van der Waals surface area contributed by atoms with Gasteiger partial charge in [0, 0.05) is 13.0 Å². The van der Waals surface area contributed by atoms with Crippen molar-refractivity contribution in [2.45, 2.75) is 25.2 Å². The minimum atomic E-state index is -0.850. The van der Waals surface area contributed by atoms with Crippen LogP contribution in [-0.4, -0.2) is 31.1 Å². The highest BCUT2D eigenvalue weighted by Crippen LogP contribution is 2.45. The number of rotatable bonds is 1. The SMILES string of the molecule is CCOC(=O)N1C(=O)C2(CCC(=O)NC2)c2ccccc21. The highest BCUT2D eigenvalue weighted by atomic mass is 16.6. The molecule has 1 atom stereocenters. The van der Waals surface area contributed by atoms with Gasteiger partial charge in [-0.25, -0.2) is 9.69 Å². The van der Waals surface area contributed by atoms with Crippen molar-refractivity contribution in [2.24, 2.45) is 0 Å². The smallest absolute Gasteiger partial charge is 0.421 e. The van der Waals surface area contributed by atoms with Crippen LogP contribution in [0.1, 0.15) is 25.3 Å². The molecule has 2 aliphatic heterocycles. The highest BCUT2D eigenvalue weighted by Gasteiger charge is 2.54. The third-order valence-corrected chi connectivity index (χ3v) is 4.09. The summed E-state index contributed by atoms with van der Waals surface area (Å²) in [6, 6.07) is 7.18. The maximum absolute atomic E-state index is 12.8. The van der Waals surface area contributed by atoms with Gasteiger partial charge >= 0.3 is 6.09 Å². The van der Waals surface area contributed by atoms with Crippen molar-refractivity contribution >= 4 is 23.6 Å². The van der Waals surface area contributed by atoms with Crippen molar-refractivity contribution < 1.29 is 19.1 Å². The van der Waals surface area contributed by atoms with E-state index >= 15 is 0 Å². The van der Waals surface area contributed by atoms with Gasteiger partial charge in [-0.2, -0.15) is 0 Å². The van der Waals surface area contributed by atoms with Crippen LogP contribution in [0.4, 0.5) is 10.5 Å². The molecule has 1 saturated heterocycles. The number of benzene rings is 1. The maximum Gasteiger partial charge on any atom is 0.421 e. The first-order chi connectivity index (χ1) is 10.1. The van der Waals surface area contributed by atoms with Gasteiger partial charge in [-0.05, 0) is 25.0 Å². The molecule has 3 amide bonds. The lowest BCUT2D eigenvalue weighted by Crippen LogP contribution is -2.53. The molecule has 1 fully saturated rings. The number of anilines is 1. The lowest BCUT2D eigenvalue weighted by atomic mass is 9.75. The molecule has 1 aromatic rings. The number of ether oxygens (including phenoxy) is 1. The molecule has 3 rings (SSSR count). The van der Waals surface area contributed by atoms with Gasteiger partial charge < -0.3 is 10.1 Å². The maximum atomic E-state index is 12.8. The predicted octanol–water partition coefficient (Wildman–Crippen LogP) is 1.34. The van der Waals surface area contributed by atoms with E-state index in [0.717, 1.165) is 10.5 Å². The number of nitrogens with one attached hydrogen (secondary N) is 1. The van der Waals surface area contributed by atoms with E-state index in [2.05, 4.69) is 5.32 Å². The Morgan fingerprint density at radius 3 is 2.81 bits per heavy atom. The molecule has 2 aliphatic rings. The number of piperidine rings is 1. The van der Waals surface area contributed by atoms with E-state index in [-0.39, 0.29) is 31.4 Å². The fourth-order valence-electron chi connectivity index (χ4n) is 3.05. The zero-order valence-corrected chi connectivity index (χ0v) is 11.7. The van der Waals surface area contributed by atoms with Crippen molar-refractivity contribution in [2.75, 3.05) is 18.1 Å². The summed E-state index contributed by atoms with van der Waals surface area (Å²) in [5.41, 5.74) is 0.484. The van der Waals surface area contributed by atoms with Crippen molar-refractivity contribution in [3.8, 4) is 0 Å². The van der Waals surface area contributed by atoms with E-state index in [9.17, 15) is 14.4 Å². The molecule has 1 unspecified atom stereocenters. The van der Waals surface area contributed by atoms with Crippen LogP contribution in [-0.2, 0) is 19.7 Å². The number of hydrogen-bond acceptors (Lipinski definition) is 4. The van der Waals surface area contributed by atoms with Gasteiger partial charge in [-0.1, -0.05) is 18.2 Å². The third kappa shape index (κ3) is 1.90. The quantitative estimate of drug-likeness (QED) is 0.846. The fraction of sp³-hybridized carbons (Fsp3) is 0.400. The lowest BCUT2D eigenvalue weighted by molar-refractivity contribution is -0.128. The van der Waals surface area contributed by atoms with E-state index in [4.69, 9.17) is 4.74 Å². The van der Waals surface area contributed by atoms with E-state index in [1.54, 1.807) is 19.1 Å². The Balaban J connectivity index is 2.06. The molecule has 0 aromatic heterocycles. The summed E-state index contributed by atoms with van der Waals surface area (Å²) in [6.07, 6.45) is 0.0187. The monoisotopic (exact) mass is 288 g/mol. The first-order valence-electron chi connectivity index (χ1n) is 6.97. The van der Waals surface area contributed by atoms with Gasteiger partial charge in [-0.15, -0.1) is 0 Å². The second kappa shape index (κ2) is 4.87. The average Bonchev–Trinajstić information content (AvgIpc) is 2.72. The normalized spacial score (nSPS) is 24.0. The zero-order valence-electron chi connectivity index (χ0n) is 11.7. The Morgan fingerprint density at radius 1 is 1.38 bits per heavy atom. The number of carbonyl (C=O) groups is 3. The zero-order chi connectivity index (χ0) is 15.0. The number of hydrogen-bond donors (Lipinski definition) is 1. The second-order valence-corrected chi connectivity index (χ2v) is 5.22. The number of carbonyl (C=O) groups excluding carboxylic acids is 3. The minimum Gasteiger partial charge on any atom is -0.449 e. The molecular formula is C15H16N2O4. The molecule has 1 spiro atoms. The van der Waals surface area contributed by atoms with Crippen LogP contribution in [0.25, 0.3) is 0 Å². The summed E-state index contributed by atoms with van der Waals surface area (Å²) in [4.78, 5) is 37.4. The number of nitrogens with zero attached hydrogens (tertiary/aromatic N) is 1. The molecule has 6 heteroatoms. The fourth-order valence-corrected chi connectivity index (χ4v) is 3.05. The molecule has 110 valence electrons. The number of para-hydroxylation sites is 1. The molecule has 0 bridgehead atoms. The van der Waals surface area contributed by atoms with E-state index in [0.29, 0.717) is 12.1 Å². The Bertz CT molecular complexity index is 616. The summed E-state index contributed by atoms with van der Waals surface area (Å²) < 4.78 is 4.99. The van der Waals surface area contributed by atoms with Crippen molar-refractivity contribution in [3.05, 3.63) is 29.8 Å². The Labute approximate surface area is 122 Å². The Hall–Kier alpha value is -2.37. The van der Waals surface area contributed by atoms with Crippen LogP contribution < -0.4 is 10.2 Å². The van der Waals surface area contributed by atoms with Crippen molar-refractivity contribution in [3.63, 3.8) is 0 Å². The standard InChI is InChI=1S/C15H16N2O4/c1-2-21-14(20)17-11-6-4-3-5-10(11)15(13(17)19)8-7-12(18)16-9-15/h3-6H,2,7-9H2,1H3,(H,16,18). The third-order valence-electron chi connectivity index (χ3n) is 4.09. The van der Waals surface area contributed by atoms with Crippen LogP contribution in [0.3, 0.4) is 0 Å². The molecule has 2 heterocycles. The number of imide groups is 1. The van der Waals surface area contributed by atoms with Crippen LogP contribution in [0.15, 0.2) is 24.3 Å². The van der Waals surface area contributed by atoms with Gasteiger partial charge in [-0.3, -0.25) is 9.59 Å². The van der Waals surface area contributed by atoms with E-state index in [1.807, 2.05) is 12.1 Å². The van der Waals surface area contributed by atoms with Crippen molar-refractivity contribution in [1.82, 2.24) is 5.32 Å². The molecule has 21 heavy (non-hydrogen) atoms. The van der Waals surface area contributed by atoms with Gasteiger partial charge in [0.05, 0.1) is 17.7 Å². The summed E-state index contributed by atoms with van der Waals surface area (Å²) in [5, 5.41) is 2.74. The molecule has 1 aromatic carbocycles. The summed E-state index contributed by atoms with van der Waals surface area (Å²) >= 11 is 0. The largest absolute Gasteiger partial charge is 0.449 e. The number of fused-ring (bicyclic) bond motifs is 2. The summed E-state index contributed by atoms with van der Waals surface area (Å²) in [6.45, 7) is 2.12. The van der Waals surface area contributed by atoms with Gasteiger partial charge in [0.15, 0.2) is 0 Å². The van der Waals surface area contributed by atoms with Crippen LogP contribution in [0.5, 0.6) is 0 Å². The summed E-state index contributed by atoms with van der Waals surface area (Å²) in [5.74, 6) is -0.386. The molecule has 1 N–H and O–H groups in total. The molecular weight excluding hydrogens is 272 g/mol. The predicted molar refractivity (Wildman–Crippen MR) is 74.9 cm³/mol. The highest BCUT2D eigenvalue weighted by molar-refractivity contribution is 6.21. The molecule has 0 saturated carbocycles. The molecule has 6 nitrogen and oxygen atoms in total. The first-order valence-corrected chi connectivity index (χ1v) is 6.97. The van der Waals surface area contributed by atoms with Crippen LogP contribution in [0.2, 0.25) is 0 Å². The van der Waals surface area contributed by atoms with Crippen LogP contribution >= 0.6 is 0 Å². The van der Waals surface area contributed by atoms with Gasteiger partial charge in [0.2, 0.25) is 11.8 Å². The summed E-state index contributed by atoms with van der Waals surface area (Å²) in [7, 11) is 0. The van der Waals surface area contributed by atoms with Gasteiger partial charge in [0.1, 0.15) is 0 Å². The van der Waals surface area contributed by atoms with E-state index < -0.39 is 11.5 Å². The topological polar surface area (TPSA) is 75.7 Å². The van der Waals surface area contributed by atoms with Gasteiger partial charge in [0.25, 0.3) is 0 Å². The average molecular weight is 288 g/mol. The lowest BCUT2D eigenvalue weighted by Gasteiger charge is -2.32. The number of amides is 3. The first kappa shape index (κ1) is 13.6. The molecule has 0 radical (unpaired) electrons. The van der Waals surface area contributed by atoms with Crippen molar-refractivity contribution in [1.29, 1.82) is 0 Å². The van der Waals surface area contributed by atoms with E-state index in [1.165, 1.54) is 0 Å². The van der Waals surface area contributed by atoms with Crippen LogP contribution in [0, 0.1) is 0 Å². The molecule has 0 aliphatic carbocycles. The Kier molecular flexibility index (Phi) is 3.16. The Morgan fingerprint density at radius 2 is 2.14 bits per heavy atom. The minimum absolute atomic E-state index is 0.0690.